The second-order valence-corrected chi connectivity index (χ2v) is 8.90. The molecule has 0 aliphatic carbocycles. The lowest BCUT2D eigenvalue weighted by Crippen LogP contribution is -2.40. The van der Waals surface area contributed by atoms with Crippen LogP contribution in [0.15, 0.2) is 53.4 Å². The Hall–Kier alpha value is -2.56. The van der Waals surface area contributed by atoms with Crippen LogP contribution in [0.1, 0.15) is 17.5 Å². The first-order valence-electron chi connectivity index (χ1n) is 9.82. The van der Waals surface area contributed by atoms with Crippen LogP contribution in [0.4, 0.5) is 8.78 Å². The second kappa shape index (κ2) is 10.7. The Morgan fingerprint density at radius 1 is 1.10 bits per heavy atom. The van der Waals surface area contributed by atoms with Gasteiger partial charge in [0.15, 0.2) is 0 Å². The molecular formula is C21H24F2N2O5S. The fraction of sp³-hybridized carbons (Fsp3) is 0.381. The van der Waals surface area contributed by atoms with Crippen molar-refractivity contribution in [3.05, 3.63) is 59.7 Å². The van der Waals surface area contributed by atoms with Crippen LogP contribution in [0.5, 0.6) is 5.75 Å². The van der Waals surface area contributed by atoms with Crippen LogP contribution in [0.2, 0.25) is 0 Å². The minimum absolute atomic E-state index is 0.0360. The van der Waals surface area contributed by atoms with Crippen LogP contribution in [0.25, 0.3) is 0 Å². The van der Waals surface area contributed by atoms with Gasteiger partial charge in [-0.25, -0.2) is 8.42 Å². The van der Waals surface area contributed by atoms with Gasteiger partial charge in [-0.05, 0) is 41.8 Å². The fourth-order valence-corrected chi connectivity index (χ4v) is 4.55. The van der Waals surface area contributed by atoms with Crippen molar-refractivity contribution in [2.45, 2.75) is 30.9 Å². The molecule has 31 heavy (non-hydrogen) atoms. The number of rotatable bonds is 9. The maximum absolute atomic E-state index is 12.6. The number of nitrogens with one attached hydrogen (secondary N) is 1. The van der Waals surface area contributed by atoms with Gasteiger partial charge in [-0.2, -0.15) is 13.1 Å². The van der Waals surface area contributed by atoms with E-state index < -0.39 is 16.6 Å². The third kappa shape index (κ3) is 6.71. The van der Waals surface area contributed by atoms with Crippen molar-refractivity contribution < 1.29 is 31.5 Å². The summed E-state index contributed by atoms with van der Waals surface area (Å²) in [5.74, 6) is -0.168. The number of aryl methyl sites for hydroxylation is 1. The number of carbonyl (C=O) groups excluding carboxylic acids is 1. The first kappa shape index (κ1) is 23.1. The van der Waals surface area contributed by atoms with E-state index in [1.807, 2.05) is 0 Å². The van der Waals surface area contributed by atoms with Crippen molar-refractivity contribution in [3.8, 4) is 5.75 Å². The highest BCUT2D eigenvalue weighted by Gasteiger charge is 2.26. The summed E-state index contributed by atoms with van der Waals surface area (Å²) in [5, 5.41) is 2.73. The molecule has 1 aliphatic rings. The molecule has 1 aliphatic heterocycles. The van der Waals surface area contributed by atoms with Crippen LogP contribution in [0.3, 0.4) is 0 Å². The SMILES string of the molecule is O=C(CCc1ccc(S(=O)(=O)N2CCOCC2)cc1)NCc1cccc(OC(F)F)c1. The van der Waals surface area contributed by atoms with E-state index in [-0.39, 0.29) is 29.5 Å². The molecule has 168 valence electrons. The molecule has 0 atom stereocenters. The largest absolute Gasteiger partial charge is 0.435 e. The van der Waals surface area contributed by atoms with Crippen LogP contribution in [-0.2, 0) is 32.5 Å². The zero-order valence-corrected chi connectivity index (χ0v) is 17.6. The molecular weight excluding hydrogens is 430 g/mol. The Morgan fingerprint density at radius 2 is 1.81 bits per heavy atom. The van der Waals surface area contributed by atoms with E-state index in [0.29, 0.717) is 38.3 Å². The number of hydrogen-bond acceptors (Lipinski definition) is 5. The van der Waals surface area contributed by atoms with Gasteiger partial charge in [0.05, 0.1) is 18.1 Å². The molecule has 2 aromatic carbocycles. The maximum Gasteiger partial charge on any atom is 0.387 e. The van der Waals surface area contributed by atoms with Crippen molar-refractivity contribution in [1.29, 1.82) is 0 Å². The van der Waals surface area contributed by atoms with Crippen molar-refractivity contribution in [3.63, 3.8) is 0 Å². The van der Waals surface area contributed by atoms with E-state index >= 15 is 0 Å². The molecule has 0 saturated carbocycles. The standard InChI is InChI=1S/C21H24F2N2O5S/c22-21(23)30-18-3-1-2-17(14-18)15-24-20(26)9-6-16-4-7-19(8-5-16)31(27,28)25-10-12-29-13-11-25/h1-5,7-8,14,21H,6,9-13,15H2,(H,24,26). The summed E-state index contributed by atoms with van der Waals surface area (Å²) in [5.41, 5.74) is 1.48. The Kier molecular flexibility index (Phi) is 7.94. The summed E-state index contributed by atoms with van der Waals surface area (Å²) in [4.78, 5) is 12.3. The highest BCUT2D eigenvalue weighted by molar-refractivity contribution is 7.89. The van der Waals surface area contributed by atoms with Crippen LogP contribution >= 0.6 is 0 Å². The number of benzene rings is 2. The van der Waals surface area contributed by atoms with E-state index in [1.165, 1.54) is 16.4 Å². The monoisotopic (exact) mass is 454 g/mol. The number of halogens is 2. The Balaban J connectivity index is 1.48. The first-order valence-corrected chi connectivity index (χ1v) is 11.3. The van der Waals surface area contributed by atoms with Crippen LogP contribution < -0.4 is 10.1 Å². The fourth-order valence-electron chi connectivity index (χ4n) is 3.14. The lowest BCUT2D eigenvalue weighted by molar-refractivity contribution is -0.121. The van der Waals surface area contributed by atoms with Crippen LogP contribution in [-0.4, -0.2) is 51.5 Å². The summed E-state index contributed by atoms with van der Waals surface area (Å²) < 4.78 is 60.7. The van der Waals surface area contributed by atoms with Crippen molar-refractivity contribution in [2.24, 2.45) is 0 Å². The molecule has 1 saturated heterocycles. The molecule has 3 rings (SSSR count). The predicted octanol–water partition coefficient (Wildman–Crippen LogP) is 2.56. The molecule has 0 unspecified atom stereocenters. The van der Waals surface area contributed by atoms with Gasteiger partial charge in [-0.1, -0.05) is 24.3 Å². The number of nitrogens with zero attached hydrogens (tertiary/aromatic N) is 1. The molecule has 0 spiro atoms. The van der Waals surface area contributed by atoms with Crippen molar-refractivity contribution in [1.82, 2.24) is 9.62 Å². The van der Waals surface area contributed by atoms with Crippen molar-refractivity contribution in [2.75, 3.05) is 26.3 Å². The number of carbonyl (C=O) groups is 1. The summed E-state index contributed by atoms with van der Waals surface area (Å²) in [6.45, 7) is -1.27. The Labute approximate surface area is 180 Å². The minimum Gasteiger partial charge on any atom is -0.435 e. The number of sulfonamides is 1. The van der Waals surface area contributed by atoms with E-state index in [9.17, 15) is 22.0 Å². The first-order chi connectivity index (χ1) is 14.8. The van der Waals surface area contributed by atoms with E-state index in [2.05, 4.69) is 10.1 Å². The number of hydrogen-bond donors (Lipinski definition) is 1. The highest BCUT2D eigenvalue weighted by Crippen LogP contribution is 2.19. The molecule has 1 amide bonds. The lowest BCUT2D eigenvalue weighted by atomic mass is 10.1. The molecule has 1 N–H and O–H groups in total. The summed E-state index contributed by atoms with van der Waals surface area (Å²) in [7, 11) is -3.54. The third-order valence-corrected chi connectivity index (χ3v) is 6.70. The minimum atomic E-state index is -3.54. The van der Waals surface area contributed by atoms with Gasteiger partial charge in [0.25, 0.3) is 0 Å². The van der Waals surface area contributed by atoms with E-state index in [4.69, 9.17) is 4.74 Å². The molecule has 0 aromatic heterocycles. The van der Waals surface area contributed by atoms with Gasteiger partial charge >= 0.3 is 6.61 Å². The Bertz CT molecular complexity index is 978. The van der Waals surface area contributed by atoms with Gasteiger partial charge < -0.3 is 14.8 Å². The Morgan fingerprint density at radius 3 is 2.48 bits per heavy atom. The second-order valence-electron chi connectivity index (χ2n) is 6.96. The normalized spacial score (nSPS) is 15.1. The lowest BCUT2D eigenvalue weighted by Gasteiger charge is -2.26. The topological polar surface area (TPSA) is 84.9 Å². The average molecular weight is 454 g/mol. The third-order valence-electron chi connectivity index (χ3n) is 4.79. The summed E-state index contributed by atoms with van der Waals surface area (Å²) >= 11 is 0. The number of ether oxygens (including phenoxy) is 2. The number of morpholine rings is 1. The summed E-state index contributed by atoms with van der Waals surface area (Å²) in [6, 6.07) is 12.6. The van der Waals surface area contributed by atoms with Crippen molar-refractivity contribution >= 4 is 15.9 Å². The van der Waals surface area contributed by atoms with Gasteiger partial charge in [-0.3, -0.25) is 4.79 Å². The molecule has 1 fully saturated rings. The molecule has 2 aromatic rings. The molecule has 0 bridgehead atoms. The van der Waals surface area contributed by atoms with Gasteiger partial charge in [-0.15, -0.1) is 0 Å². The molecule has 1 heterocycles. The van der Waals surface area contributed by atoms with E-state index in [0.717, 1.165) is 5.56 Å². The number of alkyl halides is 2. The molecule has 7 nitrogen and oxygen atoms in total. The molecule has 10 heteroatoms. The zero-order valence-electron chi connectivity index (χ0n) is 16.8. The van der Waals surface area contributed by atoms with Gasteiger partial charge in [0.1, 0.15) is 5.75 Å². The van der Waals surface area contributed by atoms with Crippen LogP contribution in [0, 0.1) is 0 Å². The predicted molar refractivity (Wildman–Crippen MR) is 109 cm³/mol. The maximum atomic E-state index is 12.6. The van der Waals surface area contributed by atoms with Gasteiger partial charge in [0, 0.05) is 26.1 Å². The summed E-state index contributed by atoms with van der Waals surface area (Å²) in [6.07, 6.45) is 0.654. The van der Waals surface area contributed by atoms with E-state index in [1.54, 1.807) is 36.4 Å². The molecule has 0 radical (unpaired) electrons. The number of amides is 1. The average Bonchev–Trinajstić information content (AvgIpc) is 2.77. The quantitative estimate of drug-likeness (QED) is 0.630. The van der Waals surface area contributed by atoms with Gasteiger partial charge in [0.2, 0.25) is 15.9 Å². The highest BCUT2D eigenvalue weighted by atomic mass is 32.2. The zero-order chi connectivity index (χ0) is 22.3. The smallest absolute Gasteiger partial charge is 0.387 e.